The Hall–Kier alpha value is -1.34. The van der Waals surface area contributed by atoms with Gasteiger partial charge in [0.05, 0.1) is 16.9 Å². The quantitative estimate of drug-likeness (QED) is 0.924. The Balaban J connectivity index is 2.48. The van der Waals surface area contributed by atoms with Crippen molar-refractivity contribution in [2.75, 3.05) is 0 Å². The highest BCUT2D eigenvalue weighted by Gasteiger charge is 2.31. The van der Waals surface area contributed by atoms with Gasteiger partial charge in [-0.25, -0.2) is 4.68 Å². The van der Waals surface area contributed by atoms with Gasteiger partial charge in [-0.2, -0.15) is 18.3 Å². The molecule has 0 amide bonds. The minimum Gasteiger partial charge on any atom is -0.325 e. The SMILES string of the molecule is NCc1ccn(-c2cc(Br)cc(C(F)(F)F)c2)n1. The van der Waals surface area contributed by atoms with E-state index in [2.05, 4.69) is 21.0 Å². The van der Waals surface area contributed by atoms with Crippen molar-refractivity contribution in [3.8, 4) is 5.69 Å². The first-order valence-electron chi connectivity index (χ1n) is 5.03. The Morgan fingerprint density at radius 2 is 2.00 bits per heavy atom. The fraction of sp³-hybridized carbons (Fsp3) is 0.182. The number of benzene rings is 1. The molecule has 0 aliphatic heterocycles. The molecule has 0 atom stereocenters. The van der Waals surface area contributed by atoms with E-state index in [9.17, 15) is 13.2 Å². The molecule has 2 rings (SSSR count). The fourth-order valence-corrected chi connectivity index (χ4v) is 1.97. The number of halogens is 4. The largest absolute Gasteiger partial charge is 0.416 e. The molecule has 1 aromatic heterocycles. The zero-order valence-corrected chi connectivity index (χ0v) is 10.7. The normalized spacial score (nSPS) is 11.8. The number of alkyl halides is 3. The van der Waals surface area contributed by atoms with Gasteiger partial charge in [0.1, 0.15) is 0 Å². The highest BCUT2D eigenvalue weighted by Crippen LogP contribution is 2.32. The molecule has 0 radical (unpaired) electrons. The van der Waals surface area contributed by atoms with E-state index in [0.717, 1.165) is 12.1 Å². The molecule has 2 aromatic rings. The van der Waals surface area contributed by atoms with E-state index in [-0.39, 0.29) is 6.54 Å². The topological polar surface area (TPSA) is 43.8 Å². The van der Waals surface area contributed by atoms with Gasteiger partial charge < -0.3 is 5.73 Å². The summed E-state index contributed by atoms with van der Waals surface area (Å²) in [6.45, 7) is 0.243. The molecule has 0 unspecified atom stereocenters. The monoisotopic (exact) mass is 319 g/mol. The van der Waals surface area contributed by atoms with Crippen LogP contribution in [-0.4, -0.2) is 9.78 Å². The van der Waals surface area contributed by atoms with E-state index in [4.69, 9.17) is 5.73 Å². The molecule has 0 bridgehead atoms. The van der Waals surface area contributed by atoms with Gasteiger partial charge >= 0.3 is 6.18 Å². The molecular formula is C11H9BrF3N3. The average Bonchev–Trinajstić information content (AvgIpc) is 2.75. The molecule has 18 heavy (non-hydrogen) atoms. The van der Waals surface area contributed by atoms with Crippen LogP contribution < -0.4 is 5.73 Å². The smallest absolute Gasteiger partial charge is 0.325 e. The van der Waals surface area contributed by atoms with E-state index in [0.29, 0.717) is 15.9 Å². The highest BCUT2D eigenvalue weighted by molar-refractivity contribution is 9.10. The summed E-state index contributed by atoms with van der Waals surface area (Å²) in [6.07, 6.45) is -2.81. The summed E-state index contributed by atoms with van der Waals surface area (Å²) in [5, 5.41) is 4.07. The number of rotatable bonds is 2. The average molecular weight is 320 g/mol. The van der Waals surface area contributed by atoms with Crippen LogP contribution in [0.15, 0.2) is 34.9 Å². The molecule has 0 spiro atoms. The predicted octanol–water partition coefficient (Wildman–Crippen LogP) is 3.11. The summed E-state index contributed by atoms with van der Waals surface area (Å²) in [5.41, 5.74) is 5.62. The van der Waals surface area contributed by atoms with Gasteiger partial charge in [-0.1, -0.05) is 15.9 Å². The van der Waals surface area contributed by atoms with E-state index in [1.807, 2.05) is 0 Å². The highest BCUT2D eigenvalue weighted by atomic mass is 79.9. The molecule has 0 aliphatic carbocycles. The summed E-state index contributed by atoms with van der Waals surface area (Å²) in [6, 6.07) is 5.28. The Bertz CT molecular complexity index is 563. The molecular weight excluding hydrogens is 311 g/mol. The lowest BCUT2D eigenvalue weighted by Gasteiger charge is -2.10. The molecule has 7 heteroatoms. The lowest BCUT2D eigenvalue weighted by atomic mass is 10.2. The standard InChI is InChI=1S/C11H9BrF3N3/c12-8-3-7(11(13,14)15)4-10(5-8)18-2-1-9(6-16)17-18/h1-5H,6,16H2. The van der Waals surface area contributed by atoms with Crippen molar-refractivity contribution in [1.82, 2.24) is 9.78 Å². The van der Waals surface area contributed by atoms with E-state index >= 15 is 0 Å². The summed E-state index contributed by atoms with van der Waals surface area (Å²) in [7, 11) is 0. The summed E-state index contributed by atoms with van der Waals surface area (Å²) in [5.74, 6) is 0. The molecule has 3 nitrogen and oxygen atoms in total. The number of nitrogens with two attached hydrogens (primary N) is 1. The van der Waals surface area contributed by atoms with Gasteiger partial charge in [-0.3, -0.25) is 0 Å². The maximum atomic E-state index is 12.7. The first kappa shape index (κ1) is 13.1. The number of hydrogen-bond acceptors (Lipinski definition) is 2. The molecule has 0 aliphatic rings. The first-order valence-corrected chi connectivity index (χ1v) is 5.82. The van der Waals surface area contributed by atoms with Crippen LogP contribution in [0.3, 0.4) is 0 Å². The van der Waals surface area contributed by atoms with Crippen LogP contribution >= 0.6 is 15.9 Å². The van der Waals surface area contributed by atoms with Crippen molar-refractivity contribution < 1.29 is 13.2 Å². The van der Waals surface area contributed by atoms with Crippen molar-refractivity contribution in [3.05, 3.63) is 46.2 Å². The Morgan fingerprint density at radius 3 is 2.56 bits per heavy atom. The van der Waals surface area contributed by atoms with Crippen molar-refractivity contribution >= 4 is 15.9 Å². The van der Waals surface area contributed by atoms with Crippen LogP contribution in [0, 0.1) is 0 Å². The lowest BCUT2D eigenvalue weighted by molar-refractivity contribution is -0.137. The van der Waals surface area contributed by atoms with E-state index in [1.165, 1.54) is 4.68 Å². The van der Waals surface area contributed by atoms with Gasteiger partial charge in [0.15, 0.2) is 0 Å². The fourth-order valence-electron chi connectivity index (χ4n) is 1.48. The third kappa shape index (κ3) is 2.73. The van der Waals surface area contributed by atoms with Gasteiger partial charge in [0.2, 0.25) is 0 Å². The van der Waals surface area contributed by atoms with E-state index in [1.54, 1.807) is 18.3 Å². The first-order chi connectivity index (χ1) is 8.40. The zero-order chi connectivity index (χ0) is 13.3. The Kier molecular flexibility index (Phi) is 3.45. The van der Waals surface area contributed by atoms with Crippen molar-refractivity contribution in [2.24, 2.45) is 5.73 Å². The summed E-state index contributed by atoms with van der Waals surface area (Å²) in [4.78, 5) is 0. The molecule has 1 aromatic carbocycles. The maximum absolute atomic E-state index is 12.7. The second-order valence-corrected chi connectivity index (χ2v) is 4.57. The minimum absolute atomic E-state index is 0.243. The molecule has 1 heterocycles. The van der Waals surface area contributed by atoms with Crippen LogP contribution in [0.1, 0.15) is 11.3 Å². The van der Waals surface area contributed by atoms with Crippen molar-refractivity contribution in [2.45, 2.75) is 12.7 Å². The van der Waals surface area contributed by atoms with Crippen LogP contribution in [0.25, 0.3) is 5.69 Å². The predicted molar refractivity (Wildman–Crippen MR) is 64.2 cm³/mol. The van der Waals surface area contributed by atoms with Crippen molar-refractivity contribution in [3.63, 3.8) is 0 Å². The lowest BCUT2D eigenvalue weighted by Crippen LogP contribution is -2.07. The molecule has 0 fully saturated rings. The Labute approximate surface area is 110 Å². The van der Waals surface area contributed by atoms with Crippen LogP contribution in [0.4, 0.5) is 13.2 Å². The van der Waals surface area contributed by atoms with Crippen LogP contribution in [0.2, 0.25) is 0 Å². The third-order valence-electron chi connectivity index (χ3n) is 2.33. The minimum atomic E-state index is -4.39. The van der Waals surface area contributed by atoms with Crippen molar-refractivity contribution in [1.29, 1.82) is 0 Å². The van der Waals surface area contributed by atoms with Gasteiger partial charge in [-0.05, 0) is 24.3 Å². The summed E-state index contributed by atoms with van der Waals surface area (Å²) < 4.78 is 39.7. The molecule has 0 saturated heterocycles. The van der Waals surface area contributed by atoms with Gasteiger partial charge in [0, 0.05) is 17.2 Å². The molecule has 2 N–H and O–H groups in total. The second-order valence-electron chi connectivity index (χ2n) is 3.65. The van der Waals surface area contributed by atoms with Gasteiger partial charge in [-0.15, -0.1) is 0 Å². The Morgan fingerprint density at radius 1 is 1.28 bits per heavy atom. The van der Waals surface area contributed by atoms with Gasteiger partial charge in [0.25, 0.3) is 0 Å². The molecule has 96 valence electrons. The number of nitrogens with zero attached hydrogens (tertiary/aromatic N) is 2. The van der Waals surface area contributed by atoms with Crippen LogP contribution in [0.5, 0.6) is 0 Å². The number of aromatic nitrogens is 2. The molecule has 0 saturated carbocycles. The van der Waals surface area contributed by atoms with Crippen LogP contribution in [-0.2, 0) is 12.7 Å². The second kappa shape index (κ2) is 4.74. The van der Waals surface area contributed by atoms with E-state index < -0.39 is 11.7 Å². The third-order valence-corrected chi connectivity index (χ3v) is 2.79. The zero-order valence-electron chi connectivity index (χ0n) is 9.08. The maximum Gasteiger partial charge on any atom is 0.416 e. The number of hydrogen-bond donors (Lipinski definition) is 1. The summed E-state index contributed by atoms with van der Waals surface area (Å²) >= 11 is 3.06.